The minimum atomic E-state index is 0.0324. The number of hydrogen-bond donors (Lipinski definition) is 3. The number of pyridine rings is 1. The summed E-state index contributed by atoms with van der Waals surface area (Å²) in [6.07, 6.45) is 1.66. The largest absolute Gasteiger partial charge is 0.409 e. The van der Waals surface area contributed by atoms with Crippen molar-refractivity contribution >= 4 is 5.84 Å². The maximum atomic E-state index is 8.61. The average Bonchev–Trinajstić information content (AvgIpc) is 2.47. The summed E-state index contributed by atoms with van der Waals surface area (Å²) in [6.45, 7) is 9.18. The van der Waals surface area contributed by atoms with Crippen molar-refractivity contribution < 1.29 is 5.21 Å². The molecule has 0 saturated heterocycles. The number of hydrogen-bond acceptors (Lipinski definition) is 5. The Morgan fingerprint density at radius 2 is 2.21 bits per heavy atom. The SMILES string of the molecule is CCN(CC)CCNCc1ccnc(C(N)=NO)c1. The van der Waals surface area contributed by atoms with Crippen molar-refractivity contribution in [2.45, 2.75) is 20.4 Å². The van der Waals surface area contributed by atoms with Gasteiger partial charge in [-0.1, -0.05) is 19.0 Å². The van der Waals surface area contributed by atoms with E-state index in [2.05, 4.69) is 34.2 Å². The second kappa shape index (κ2) is 8.44. The lowest BCUT2D eigenvalue weighted by atomic mass is 10.2. The molecule has 1 aromatic rings. The molecular formula is C13H23N5O. The van der Waals surface area contributed by atoms with Gasteiger partial charge in [-0.05, 0) is 30.8 Å². The summed E-state index contributed by atoms with van der Waals surface area (Å²) in [5.41, 5.74) is 7.06. The van der Waals surface area contributed by atoms with E-state index in [0.29, 0.717) is 5.69 Å². The Morgan fingerprint density at radius 1 is 1.47 bits per heavy atom. The highest BCUT2D eigenvalue weighted by Gasteiger charge is 2.02. The number of likely N-dealkylation sites (N-methyl/N-ethyl adjacent to an activating group) is 1. The average molecular weight is 265 g/mol. The van der Waals surface area contributed by atoms with Crippen molar-refractivity contribution in [3.05, 3.63) is 29.6 Å². The van der Waals surface area contributed by atoms with Crippen LogP contribution in [0.4, 0.5) is 0 Å². The molecule has 0 bridgehead atoms. The van der Waals surface area contributed by atoms with E-state index in [9.17, 15) is 0 Å². The van der Waals surface area contributed by atoms with Crippen molar-refractivity contribution in [2.75, 3.05) is 26.2 Å². The van der Waals surface area contributed by atoms with Gasteiger partial charge >= 0.3 is 0 Å². The van der Waals surface area contributed by atoms with Gasteiger partial charge in [0, 0.05) is 25.8 Å². The third-order valence-corrected chi connectivity index (χ3v) is 3.02. The van der Waals surface area contributed by atoms with E-state index in [1.54, 1.807) is 6.20 Å². The van der Waals surface area contributed by atoms with Crippen LogP contribution < -0.4 is 11.1 Å². The van der Waals surface area contributed by atoms with E-state index in [1.807, 2.05) is 12.1 Å². The number of nitrogens with two attached hydrogens (primary N) is 1. The molecule has 0 radical (unpaired) electrons. The zero-order valence-corrected chi connectivity index (χ0v) is 11.6. The second-order valence-electron chi connectivity index (χ2n) is 4.24. The molecule has 0 saturated carbocycles. The number of aromatic nitrogens is 1. The Morgan fingerprint density at radius 3 is 2.84 bits per heavy atom. The van der Waals surface area contributed by atoms with Crippen molar-refractivity contribution in [1.82, 2.24) is 15.2 Å². The maximum Gasteiger partial charge on any atom is 0.188 e. The van der Waals surface area contributed by atoms with Gasteiger partial charge in [0.25, 0.3) is 0 Å². The highest BCUT2D eigenvalue weighted by Crippen LogP contribution is 2.01. The summed E-state index contributed by atoms with van der Waals surface area (Å²) >= 11 is 0. The van der Waals surface area contributed by atoms with Gasteiger partial charge in [-0.2, -0.15) is 0 Å². The topological polar surface area (TPSA) is 86.8 Å². The Bertz CT molecular complexity index is 404. The molecule has 0 fully saturated rings. The molecular weight excluding hydrogens is 242 g/mol. The molecule has 0 aliphatic carbocycles. The Labute approximate surface area is 114 Å². The highest BCUT2D eigenvalue weighted by atomic mass is 16.4. The fourth-order valence-corrected chi connectivity index (χ4v) is 1.79. The Kier molecular flexibility index (Phi) is 6.84. The fourth-order valence-electron chi connectivity index (χ4n) is 1.79. The van der Waals surface area contributed by atoms with Gasteiger partial charge in [-0.3, -0.25) is 4.98 Å². The first-order chi connectivity index (χ1) is 9.21. The number of amidine groups is 1. The quantitative estimate of drug-likeness (QED) is 0.211. The van der Waals surface area contributed by atoms with Gasteiger partial charge < -0.3 is 21.2 Å². The number of nitrogens with zero attached hydrogens (tertiary/aromatic N) is 3. The first-order valence-electron chi connectivity index (χ1n) is 6.57. The number of rotatable bonds is 8. The van der Waals surface area contributed by atoms with E-state index in [1.165, 1.54) is 0 Å². The van der Waals surface area contributed by atoms with Gasteiger partial charge in [-0.25, -0.2) is 0 Å². The molecule has 6 heteroatoms. The van der Waals surface area contributed by atoms with Crippen molar-refractivity contribution in [3.63, 3.8) is 0 Å². The molecule has 106 valence electrons. The molecule has 0 spiro atoms. The first kappa shape index (κ1) is 15.4. The van der Waals surface area contributed by atoms with Crippen molar-refractivity contribution in [3.8, 4) is 0 Å². The molecule has 0 amide bonds. The van der Waals surface area contributed by atoms with E-state index >= 15 is 0 Å². The Hall–Kier alpha value is -1.66. The van der Waals surface area contributed by atoms with Crippen molar-refractivity contribution in [2.24, 2.45) is 10.9 Å². The van der Waals surface area contributed by atoms with Crippen LogP contribution in [0.15, 0.2) is 23.5 Å². The molecule has 0 aliphatic rings. The summed E-state index contributed by atoms with van der Waals surface area (Å²) in [4.78, 5) is 6.40. The van der Waals surface area contributed by atoms with Gasteiger partial charge in [0.15, 0.2) is 5.84 Å². The molecule has 0 aliphatic heterocycles. The lowest BCUT2D eigenvalue weighted by Crippen LogP contribution is -2.31. The Balaban J connectivity index is 2.41. The van der Waals surface area contributed by atoms with E-state index in [4.69, 9.17) is 10.9 Å². The van der Waals surface area contributed by atoms with Gasteiger partial charge in [0.1, 0.15) is 5.69 Å². The monoisotopic (exact) mass is 265 g/mol. The zero-order valence-electron chi connectivity index (χ0n) is 11.6. The molecule has 0 unspecified atom stereocenters. The molecule has 19 heavy (non-hydrogen) atoms. The third-order valence-electron chi connectivity index (χ3n) is 3.02. The van der Waals surface area contributed by atoms with E-state index < -0.39 is 0 Å². The lowest BCUT2D eigenvalue weighted by Gasteiger charge is -2.18. The minimum absolute atomic E-state index is 0.0324. The smallest absolute Gasteiger partial charge is 0.188 e. The summed E-state index contributed by atoms with van der Waals surface area (Å²) in [5.74, 6) is 0.0324. The van der Waals surface area contributed by atoms with Crippen LogP contribution in [-0.4, -0.2) is 47.1 Å². The maximum absolute atomic E-state index is 8.61. The summed E-state index contributed by atoms with van der Waals surface area (Å²) in [5, 5.41) is 14.9. The van der Waals surface area contributed by atoms with Crippen LogP contribution in [0, 0.1) is 0 Å². The second-order valence-corrected chi connectivity index (χ2v) is 4.24. The van der Waals surface area contributed by atoms with Crippen LogP contribution in [-0.2, 0) is 6.54 Å². The van der Waals surface area contributed by atoms with Crippen LogP contribution in [0.2, 0.25) is 0 Å². The molecule has 6 nitrogen and oxygen atoms in total. The van der Waals surface area contributed by atoms with Crippen molar-refractivity contribution in [1.29, 1.82) is 0 Å². The van der Waals surface area contributed by atoms with Crippen LogP contribution in [0.3, 0.4) is 0 Å². The van der Waals surface area contributed by atoms with Crippen LogP contribution >= 0.6 is 0 Å². The minimum Gasteiger partial charge on any atom is -0.409 e. The third kappa shape index (κ3) is 5.23. The molecule has 0 aromatic carbocycles. The molecule has 0 atom stereocenters. The fraction of sp³-hybridized carbons (Fsp3) is 0.538. The summed E-state index contributed by atoms with van der Waals surface area (Å²) < 4.78 is 0. The predicted octanol–water partition coefficient (Wildman–Crippen LogP) is 0.608. The highest BCUT2D eigenvalue weighted by molar-refractivity contribution is 5.95. The zero-order chi connectivity index (χ0) is 14.1. The van der Waals surface area contributed by atoms with E-state index in [-0.39, 0.29) is 5.84 Å². The lowest BCUT2D eigenvalue weighted by molar-refractivity contribution is 0.302. The van der Waals surface area contributed by atoms with Crippen LogP contribution in [0.1, 0.15) is 25.1 Å². The standard InChI is InChI=1S/C13H23N5O/c1-3-18(4-2)8-7-15-10-11-5-6-16-12(9-11)13(14)17-19/h5-6,9,15,19H,3-4,7-8,10H2,1-2H3,(H2,14,17). The van der Waals surface area contributed by atoms with Crippen LogP contribution in [0.5, 0.6) is 0 Å². The van der Waals surface area contributed by atoms with Gasteiger partial charge in [0.05, 0.1) is 0 Å². The van der Waals surface area contributed by atoms with Gasteiger partial charge in [-0.15, -0.1) is 0 Å². The summed E-state index contributed by atoms with van der Waals surface area (Å²) in [7, 11) is 0. The van der Waals surface area contributed by atoms with Crippen LogP contribution in [0.25, 0.3) is 0 Å². The first-order valence-corrected chi connectivity index (χ1v) is 6.57. The molecule has 1 heterocycles. The summed E-state index contributed by atoms with van der Waals surface area (Å²) in [6, 6.07) is 3.73. The predicted molar refractivity (Wildman–Crippen MR) is 76.2 cm³/mol. The number of nitrogens with one attached hydrogen (secondary N) is 1. The molecule has 1 aromatic heterocycles. The van der Waals surface area contributed by atoms with E-state index in [0.717, 1.165) is 38.3 Å². The normalized spacial score (nSPS) is 12.1. The molecule has 1 rings (SSSR count). The molecule has 4 N–H and O–H groups in total. The van der Waals surface area contributed by atoms with Gasteiger partial charge in [0.2, 0.25) is 0 Å². The number of oxime groups is 1.